The first-order valence-corrected chi connectivity index (χ1v) is 7.61. The lowest BCUT2D eigenvalue weighted by Crippen LogP contribution is -2.48. The van der Waals surface area contributed by atoms with Crippen molar-refractivity contribution in [2.45, 2.75) is 12.6 Å². The number of benzene rings is 1. The van der Waals surface area contributed by atoms with Gasteiger partial charge in [0.25, 0.3) is 5.91 Å². The number of amides is 1. The first-order chi connectivity index (χ1) is 11.7. The van der Waals surface area contributed by atoms with Crippen molar-refractivity contribution in [1.82, 2.24) is 19.9 Å². The molecule has 1 fully saturated rings. The fraction of sp³-hybridized carbons (Fsp3) is 0.375. The number of hydrogen-bond donors (Lipinski definition) is 0. The van der Waals surface area contributed by atoms with E-state index in [4.69, 9.17) is 14.7 Å². The van der Waals surface area contributed by atoms with Crippen LogP contribution in [0.3, 0.4) is 0 Å². The molecule has 24 heavy (non-hydrogen) atoms. The summed E-state index contributed by atoms with van der Waals surface area (Å²) in [6.07, 6.45) is 3.26. The van der Waals surface area contributed by atoms with Crippen LogP contribution in [0.1, 0.15) is 5.56 Å². The summed E-state index contributed by atoms with van der Waals surface area (Å²) < 4.78 is 12.8. The van der Waals surface area contributed by atoms with Gasteiger partial charge >= 0.3 is 0 Å². The Morgan fingerprint density at radius 2 is 2.25 bits per heavy atom. The number of hydrogen-bond acceptors (Lipinski definition) is 6. The van der Waals surface area contributed by atoms with Crippen LogP contribution < -0.4 is 4.74 Å². The molecule has 1 atom stereocenters. The molecule has 0 radical (unpaired) electrons. The van der Waals surface area contributed by atoms with Crippen molar-refractivity contribution in [1.29, 1.82) is 5.26 Å². The van der Waals surface area contributed by atoms with Crippen molar-refractivity contribution in [3.05, 3.63) is 42.2 Å². The number of nitrogens with zero attached hydrogens (tertiary/aromatic N) is 5. The highest BCUT2D eigenvalue weighted by Gasteiger charge is 2.25. The predicted molar refractivity (Wildman–Crippen MR) is 83.0 cm³/mol. The number of carbonyl (C=O) groups is 1. The Balaban J connectivity index is 1.49. The zero-order valence-corrected chi connectivity index (χ0v) is 13.0. The number of ether oxygens (including phenoxy) is 2. The molecule has 1 aromatic carbocycles. The monoisotopic (exact) mass is 327 g/mol. The van der Waals surface area contributed by atoms with Gasteiger partial charge in [0.05, 0.1) is 37.1 Å². The van der Waals surface area contributed by atoms with Gasteiger partial charge in [0.1, 0.15) is 5.75 Å². The molecule has 1 aliphatic rings. The SMILES string of the molecule is N#Cc1ccc(OCC(=O)N2CCOC(Cn3ccnn3)C2)cc1. The Hall–Kier alpha value is -2.92. The standard InChI is InChI=1S/C16H17N5O3/c17-9-13-1-3-14(4-2-13)24-12-16(22)20-7-8-23-15(10-20)11-21-6-5-18-19-21/h1-6,15H,7-8,10-12H2. The van der Waals surface area contributed by atoms with Gasteiger partial charge in [-0.15, -0.1) is 5.10 Å². The lowest BCUT2D eigenvalue weighted by Gasteiger charge is -2.32. The van der Waals surface area contributed by atoms with Gasteiger partial charge in [-0.3, -0.25) is 4.79 Å². The van der Waals surface area contributed by atoms with Gasteiger partial charge in [-0.25, -0.2) is 4.68 Å². The predicted octanol–water partition coefficient (Wildman–Crippen LogP) is 0.456. The summed E-state index contributed by atoms with van der Waals surface area (Å²) >= 11 is 0. The zero-order chi connectivity index (χ0) is 16.8. The maximum absolute atomic E-state index is 12.3. The maximum atomic E-state index is 12.3. The fourth-order valence-corrected chi connectivity index (χ4v) is 2.46. The quantitative estimate of drug-likeness (QED) is 0.792. The summed E-state index contributed by atoms with van der Waals surface area (Å²) in [5, 5.41) is 16.4. The molecule has 2 aromatic rings. The van der Waals surface area contributed by atoms with Crippen LogP contribution in [0.4, 0.5) is 0 Å². The first-order valence-electron chi connectivity index (χ1n) is 7.61. The summed E-state index contributed by atoms with van der Waals surface area (Å²) in [5.41, 5.74) is 0.554. The molecule has 0 aliphatic carbocycles. The van der Waals surface area contributed by atoms with Crippen LogP contribution in [-0.4, -0.2) is 58.2 Å². The third-order valence-corrected chi connectivity index (χ3v) is 3.70. The highest BCUT2D eigenvalue weighted by atomic mass is 16.5. The van der Waals surface area contributed by atoms with Crippen LogP contribution in [0.25, 0.3) is 0 Å². The van der Waals surface area contributed by atoms with E-state index in [0.29, 0.717) is 37.6 Å². The largest absolute Gasteiger partial charge is 0.484 e. The van der Waals surface area contributed by atoms with E-state index in [2.05, 4.69) is 10.3 Å². The number of morpholine rings is 1. The third-order valence-electron chi connectivity index (χ3n) is 3.70. The third kappa shape index (κ3) is 4.08. The molecule has 0 spiro atoms. The van der Waals surface area contributed by atoms with Crippen molar-refractivity contribution < 1.29 is 14.3 Å². The van der Waals surface area contributed by atoms with E-state index in [1.54, 1.807) is 46.2 Å². The van der Waals surface area contributed by atoms with Crippen LogP contribution in [0.15, 0.2) is 36.7 Å². The molecular formula is C16H17N5O3. The fourth-order valence-electron chi connectivity index (χ4n) is 2.46. The van der Waals surface area contributed by atoms with E-state index in [0.717, 1.165) is 0 Å². The van der Waals surface area contributed by atoms with Crippen molar-refractivity contribution in [2.75, 3.05) is 26.3 Å². The minimum absolute atomic E-state index is 0.0397. The van der Waals surface area contributed by atoms with Gasteiger partial charge in [0.2, 0.25) is 0 Å². The summed E-state index contributed by atoms with van der Waals surface area (Å²) in [6.45, 7) is 2.04. The number of nitriles is 1. The Morgan fingerprint density at radius 3 is 2.96 bits per heavy atom. The van der Waals surface area contributed by atoms with E-state index < -0.39 is 0 Å². The molecule has 2 heterocycles. The highest BCUT2D eigenvalue weighted by molar-refractivity contribution is 5.77. The van der Waals surface area contributed by atoms with Crippen molar-refractivity contribution >= 4 is 5.91 Å². The lowest BCUT2D eigenvalue weighted by atomic mass is 10.2. The average molecular weight is 327 g/mol. The van der Waals surface area contributed by atoms with Crippen LogP contribution in [0, 0.1) is 11.3 Å². The van der Waals surface area contributed by atoms with Gasteiger partial charge in [0, 0.05) is 19.3 Å². The molecule has 124 valence electrons. The Labute approximate surface area is 139 Å². The maximum Gasteiger partial charge on any atom is 0.260 e. The lowest BCUT2D eigenvalue weighted by molar-refractivity contribution is -0.141. The number of aromatic nitrogens is 3. The first kappa shape index (κ1) is 16.0. The van der Waals surface area contributed by atoms with Crippen molar-refractivity contribution in [3.8, 4) is 11.8 Å². The summed E-state index contributed by atoms with van der Waals surface area (Å²) in [6, 6.07) is 8.71. The van der Waals surface area contributed by atoms with Gasteiger partial charge in [0.15, 0.2) is 6.61 Å². The van der Waals surface area contributed by atoms with E-state index in [-0.39, 0.29) is 18.6 Å². The molecule has 1 saturated heterocycles. The summed E-state index contributed by atoms with van der Waals surface area (Å²) in [7, 11) is 0. The van der Waals surface area contributed by atoms with E-state index in [9.17, 15) is 4.79 Å². The second-order valence-corrected chi connectivity index (χ2v) is 5.38. The average Bonchev–Trinajstić information content (AvgIpc) is 3.13. The van der Waals surface area contributed by atoms with E-state index in [1.165, 1.54) is 0 Å². The molecular weight excluding hydrogens is 310 g/mol. The molecule has 0 bridgehead atoms. The van der Waals surface area contributed by atoms with E-state index in [1.807, 2.05) is 6.07 Å². The zero-order valence-electron chi connectivity index (χ0n) is 13.0. The Kier molecular flexibility index (Phi) is 5.03. The summed E-state index contributed by atoms with van der Waals surface area (Å²) in [4.78, 5) is 14.0. The molecule has 8 heteroatoms. The normalized spacial score (nSPS) is 17.3. The molecule has 1 unspecified atom stereocenters. The smallest absolute Gasteiger partial charge is 0.260 e. The molecule has 1 aliphatic heterocycles. The molecule has 1 aromatic heterocycles. The number of carbonyl (C=O) groups excluding carboxylic acids is 1. The van der Waals surface area contributed by atoms with Gasteiger partial charge in [-0.1, -0.05) is 5.21 Å². The minimum Gasteiger partial charge on any atom is -0.484 e. The second kappa shape index (κ2) is 7.57. The molecule has 1 amide bonds. The van der Waals surface area contributed by atoms with Crippen LogP contribution in [0.5, 0.6) is 5.75 Å². The van der Waals surface area contributed by atoms with Crippen molar-refractivity contribution in [3.63, 3.8) is 0 Å². The van der Waals surface area contributed by atoms with Gasteiger partial charge in [-0.05, 0) is 24.3 Å². The van der Waals surface area contributed by atoms with E-state index >= 15 is 0 Å². The highest BCUT2D eigenvalue weighted by Crippen LogP contribution is 2.13. The second-order valence-electron chi connectivity index (χ2n) is 5.38. The molecule has 0 N–H and O–H groups in total. The summed E-state index contributed by atoms with van der Waals surface area (Å²) in [5.74, 6) is 0.473. The van der Waals surface area contributed by atoms with Gasteiger partial charge in [-0.2, -0.15) is 5.26 Å². The molecule has 3 rings (SSSR count). The molecule has 0 saturated carbocycles. The number of rotatable bonds is 5. The van der Waals surface area contributed by atoms with Crippen molar-refractivity contribution in [2.24, 2.45) is 0 Å². The van der Waals surface area contributed by atoms with Gasteiger partial charge < -0.3 is 14.4 Å². The van der Waals surface area contributed by atoms with Crippen LogP contribution in [-0.2, 0) is 16.1 Å². The minimum atomic E-state index is -0.112. The molecule has 8 nitrogen and oxygen atoms in total. The Morgan fingerprint density at radius 1 is 1.42 bits per heavy atom. The van der Waals surface area contributed by atoms with Crippen LogP contribution in [0.2, 0.25) is 0 Å². The topological polar surface area (TPSA) is 93.3 Å². The Bertz CT molecular complexity index is 708. The van der Waals surface area contributed by atoms with Crippen LogP contribution >= 0.6 is 0 Å².